The maximum absolute atomic E-state index is 5.53. The van der Waals surface area contributed by atoms with Crippen molar-refractivity contribution in [2.45, 2.75) is 32.4 Å². The van der Waals surface area contributed by atoms with Crippen LogP contribution in [0.15, 0.2) is 42.8 Å². The number of hydrogen-bond acceptors (Lipinski definition) is 2. The predicted molar refractivity (Wildman–Crippen MR) is 71.0 cm³/mol. The van der Waals surface area contributed by atoms with Gasteiger partial charge in [0.05, 0.1) is 5.54 Å². The van der Waals surface area contributed by atoms with Crippen molar-refractivity contribution in [3.05, 3.63) is 48.4 Å². The van der Waals surface area contributed by atoms with Gasteiger partial charge in [-0.2, -0.15) is 0 Å². The Morgan fingerprint density at radius 3 is 2.65 bits per heavy atom. The molecule has 0 aliphatic heterocycles. The summed E-state index contributed by atoms with van der Waals surface area (Å²) in [7, 11) is 0. The minimum Gasteiger partial charge on any atom is -0.475 e. The highest BCUT2D eigenvalue weighted by Gasteiger charge is 2.18. The van der Waals surface area contributed by atoms with E-state index in [0.717, 1.165) is 12.0 Å². The second kappa shape index (κ2) is 6.00. The van der Waals surface area contributed by atoms with Crippen LogP contribution >= 0.6 is 0 Å². The summed E-state index contributed by atoms with van der Waals surface area (Å²) in [5, 5.41) is 3.11. The highest BCUT2D eigenvalue weighted by atomic mass is 16.5. The summed E-state index contributed by atoms with van der Waals surface area (Å²) < 4.78 is 5.53. The fourth-order valence-corrected chi connectivity index (χ4v) is 1.32. The van der Waals surface area contributed by atoms with E-state index in [1.165, 1.54) is 0 Å². The summed E-state index contributed by atoms with van der Waals surface area (Å²) >= 11 is 0. The van der Waals surface area contributed by atoms with Crippen molar-refractivity contribution in [2.24, 2.45) is 0 Å². The number of terminal acetylenes is 1. The van der Waals surface area contributed by atoms with E-state index in [4.69, 9.17) is 11.2 Å². The summed E-state index contributed by atoms with van der Waals surface area (Å²) in [6.45, 7) is 8.29. The average molecular weight is 229 g/mol. The smallest absolute Gasteiger partial charge is 0.180 e. The molecule has 1 rings (SSSR count). The first-order valence-electron chi connectivity index (χ1n) is 5.71. The Labute approximate surface area is 104 Å². The van der Waals surface area contributed by atoms with E-state index >= 15 is 0 Å². The third kappa shape index (κ3) is 4.24. The Hall–Kier alpha value is -1.88. The zero-order valence-electron chi connectivity index (χ0n) is 10.5. The third-order valence-electron chi connectivity index (χ3n) is 2.70. The molecule has 17 heavy (non-hydrogen) atoms. The van der Waals surface area contributed by atoms with Crippen LogP contribution < -0.4 is 5.32 Å². The monoisotopic (exact) mass is 229 g/mol. The van der Waals surface area contributed by atoms with Crippen LogP contribution in [-0.4, -0.2) is 5.54 Å². The summed E-state index contributed by atoms with van der Waals surface area (Å²) in [6, 6.07) is 9.95. The molecule has 2 heteroatoms. The van der Waals surface area contributed by atoms with E-state index in [2.05, 4.69) is 17.8 Å². The standard InChI is InChI=1S/C15H19NO/c1-5-15(4,6-2)16-13(3)17-12-14-10-8-7-9-11-14/h1,7-11,16H,3,6,12H2,2,4H3. The fraction of sp³-hybridized carbons (Fsp3) is 0.333. The van der Waals surface area contributed by atoms with Gasteiger partial charge in [0.25, 0.3) is 0 Å². The number of ether oxygens (including phenoxy) is 1. The van der Waals surface area contributed by atoms with Crippen molar-refractivity contribution >= 4 is 0 Å². The van der Waals surface area contributed by atoms with Gasteiger partial charge in [0.2, 0.25) is 0 Å². The average Bonchev–Trinajstić information content (AvgIpc) is 2.37. The minimum atomic E-state index is -0.395. The third-order valence-corrected chi connectivity index (χ3v) is 2.70. The molecule has 0 aliphatic rings. The highest BCUT2D eigenvalue weighted by Crippen LogP contribution is 2.11. The van der Waals surface area contributed by atoms with Crippen molar-refractivity contribution in [1.82, 2.24) is 5.32 Å². The van der Waals surface area contributed by atoms with E-state index in [0.29, 0.717) is 12.5 Å². The Morgan fingerprint density at radius 2 is 2.12 bits per heavy atom. The Balaban J connectivity index is 2.44. The maximum atomic E-state index is 5.53. The van der Waals surface area contributed by atoms with Gasteiger partial charge in [0.1, 0.15) is 6.61 Å². The molecular weight excluding hydrogens is 210 g/mol. The normalized spacial score (nSPS) is 13.2. The molecule has 1 aromatic rings. The molecule has 0 amide bonds. The van der Waals surface area contributed by atoms with Gasteiger partial charge < -0.3 is 10.1 Å². The number of hydrogen-bond donors (Lipinski definition) is 1. The van der Waals surface area contributed by atoms with Crippen LogP contribution in [0.4, 0.5) is 0 Å². The van der Waals surface area contributed by atoms with Crippen molar-refractivity contribution in [3.63, 3.8) is 0 Å². The lowest BCUT2D eigenvalue weighted by Crippen LogP contribution is -2.39. The van der Waals surface area contributed by atoms with Gasteiger partial charge in [-0.05, 0) is 25.5 Å². The molecule has 0 saturated heterocycles. The van der Waals surface area contributed by atoms with Gasteiger partial charge in [-0.15, -0.1) is 6.42 Å². The van der Waals surface area contributed by atoms with E-state index in [1.54, 1.807) is 0 Å². The predicted octanol–water partition coefficient (Wildman–Crippen LogP) is 3.07. The number of benzene rings is 1. The molecule has 0 heterocycles. The first kappa shape index (κ1) is 13.2. The Bertz CT molecular complexity index is 405. The van der Waals surface area contributed by atoms with Crippen molar-refractivity contribution in [1.29, 1.82) is 0 Å². The van der Waals surface area contributed by atoms with Crippen LogP contribution in [-0.2, 0) is 11.3 Å². The van der Waals surface area contributed by atoms with E-state index in [9.17, 15) is 0 Å². The molecule has 0 aromatic heterocycles. The van der Waals surface area contributed by atoms with E-state index < -0.39 is 5.54 Å². The molecule has 0 radical (unpaired) electrons. The minimum absolute atomic E-state index is 0.395. The van der Waals surface area contributed by atoms with Crippen LogP contribution in [0.3, 0.4) is 0 Å². The summed E-state index contributed by atoms with van der Waals surface area (Å²) in [5.41, 5.74) is 0.711. The molecule has 0 spiro atoms. The lowest BCUT2D eigenvalue weighted by Gasteiger charge is -2.25. The van der Waals surface area contributed by atoms with Crippen LogP contribution in [0.5, 0.6) is 0 Å². The van der Waals surface area contributed by atoms with Gasteiger partial charge in [0, 0.05) is 0 Å². The quantitative estimate of drug-likeness (QED) is 0.598. The molecule has 1 unspecified atom stereocenters. The van der Waals surface area contributed by atoms with Crippen LogP contribution in [0.1, 0.15) is 25.8 Å². The first-order chi connectivity index (χ1) is 8.09. The summed E-state index contributed by atoms with van der Waals surface area (Å²) in [6.07, 6.45) is 6.28. The van der Waals surface area contributed by atoms with Crippen LogP contribution in [0, 0.1) is 12.3 Å². The maximum Gasteiger partial charge on any atom is 0.180 e. The van der Waals surface area contributed by atoms with E-state index in [-0.39, 0.29) is 0 Å². The SMILES string of the molecule is C#CC(C)(CC)NC(=C)OCc1ccccc1. The largest absolute Gasteiger partial charge is 0.475 e. The Morgan fingerprint density at radius 1 is 1.47 bits per heavy atom. The van der Waals surface area contributed by atoms with Gasteiger partial charge in [-0.1, -0.05) is 43.2 Å². The van der Waals surface area contributed by atoms with Crippen molar-refractivity contribution in [2.75, 3.05) is 0 Å². The molecule has 1 atom stereocenters. The van der Waals surface area contributed by atoms with Crippen molar-refractivity contribution < 1.29 is 4.74 Å². The zero-order chi connectivity index (χ0) is 12.7. The zero-order valence-corrected chi connectivity index (χ0v) is 10.5. The lowest BCUT2D eigenvalue weighted by molar-refractivity contribution is 0.165. The van der Waals surface area contributed by atoms with E-state index in [1.807, 2.05) is 44.2 Å². The molecule has 1 N–H and O–H groups in total. The van der Waals surface area contributed by atoms with Gasteiger partial charge in [0.15, 0.2) is 5.88 Å². The summed E-state index contributed by atoms with van der Waals surface area (Å²) in [5.74, 6) is 3.22. The number of nitrogens with one attached hydrogen (secondary N) is 1. The molecule has 0 bridgehead atoms. The van der Waals surface area contributed by atoms with Gasteiger partial charge >= 0.3 is 0 Å². The van der Waals surface area contributed by atoms with Crippen LogP contribution in [0.2, 0.25) is 0 Å². The number of rotatable bonds is 6. The lowest BCUT2D eigenvalue weighted by atomic mass is 10.0. The van der Waals surface area contributed by atoms with Crippen molar-refractivity contribution in [3.8, 4) is 12.3 Å². The Kier molecular flexibility index (Phi) is 4.66. The molecule has 0 fully saturated rings. The topological polar surface area (TPSA) is 21.3 Å². The molecule has 90 valence electrons. The molecule has 2 nitrogen and oxygen atoms in total. The fourth-order valence-electron chi connectivity index (χ4n) is 1.32. The molecular formula is C15H19NO. The second-order valence-electron chi connectivity index (χ2n) is 4.15. The van der Waals surface area contributed by atoms with Crippen LogP contribution in [0.25, 0.3) is 0 Å². The molecule has 0 aliphatic carbocycles. The molecule has 1 aromatic carbocycles. The molecule has 0 saturated carbocycles. The second-order valence-corrected chi connectivity index (χ2v) is 4.15. The van der Waals surface area contributed by atoms with Gasteiger partial charge in [-0.3, -0.25) is 0 Å². The van der Waals surface area contributed by atoms with Gasteiger partial charge in [-0.25, -0.2) is 0 Å². The highest BCUT2D eigenvalue weighted by molar-refractivity contribution is 5.15. The summed E-state index contributed by atoms with van der Waals surface area (Å²) in [4.78, 5) is 0. The first-order valence-corrected chi connectivity index (χ1v) is 5.71.